The minimum absolute atomic E-state index is 0.417. The molecule has 5 heteroatoms. The van der Waals surface area contributed by atoms with Crippen LogP contribution in [0.4, 0.5) is 0 Å². The number of nitrogens with zero attached hydrogens (tertiary/aromatic N) is 1. The summed E-state index contributed by atoms with van der Waals surface area (Å²) in [5, 5.41) is 1.28. The molecule has 0 saturated carbocycles. The Morgan fingerprint density at radius 3 is 2.00 bits per heavy atom. The molecular weight excluding hydrogens is 379 g/mol. The molecule has 1 amide bonds. The molecule has 2 heterocycles. The molecule has 0 fully saturated rings. The maximum atomic E-state index is 12.5. The van der Waals surface area contributed by atoms with Gasteiger partial charge in [0.05, 0.1) is 5.56 Å². The molecule has 0 aliphatic heterocycles. The monoisotopic (exact) mass is 393 g/mol. The fraction of sp³-hybridized carbons (Fsp3) is 0. The Morgan fingerprint density at radius 1 is 0.815 bits per heavy atom. The number of rotatable bonds is 3. The average Bonchev–Trinajstić information content (AvgIpc) is 2.67. The number of primary amides is 1. The number of benzene rings is 2. The number of halogens is 2. The molecule has 4 aromatic rings. The van der Waals surface area contributed by atoms with Gasteiger partial charge in [0.1, 0.15) is 0 Å². The SMILES string of the molecule is NC(=O)c1c(-c2ccc(Cl)cc2)c(-c2ccc(Cl)cc2)cc2cccc[n+]12. The summed E-state index contributed by atoms with van der Waals surface area (Å²) in [5.74, 6) is -0.503. The quantitative estimate of drug-likeness (QED) is 0.479. The average molecular weight is 394 g/mol. The van der Waals surface area contributed by atoms with Gasteiger partial charge in [-0.15, -0.1) is 0 Å². The van der Waals surface area contributed by atoms with Crippen molar-refractivity contribution in [3.8, 4) is 22.3 Å². The largest absolute Gasteiger partial charge is 0.360 e. The fourth-order valence-corrected chi connectivity index (χ4v) is 3.51. The van der Waals surface area contributed by atoms with Crippen LogP contribution in [0.15, 0.2) is 79.0 Å². The Balaban J connectivity index is 2.14. The first-order chi connectivity index (χ1) is 13.0. The first kappa shape index (κ1) is 17.5. The standard InChI is InChI=1S/C22H14Cl2N2O/c23-16-8-4-14(5-9-16)19-13-18-3-1-2-12-26(18)21(22(25)27)20(19)15-6-10-17(24)11-7-15/h1-13H,(H-,25,27)/p+1. The van der Waals surface area contributed by atoms with Crippen molar-refractivity contribution in [2.75, 3.05) is 0 Å². The summed E-state index contributed by atoms with van der Waals surface area (Å²) in [4.78, 5) is 12.5. The van der Waals surface area contributed by atoms with E-state index < -0.39 is 5.91 Å². The van der Waals surface area contributed by atoms with Gasteiger partial charge in [0.15, 0.2) is 6.20 Å². The van der Waals surface area contributed by atoms with Crippen molar-refractivity contribution in [2.45, 2.75) is 0 Å². The molecule has 4 rings (SSSR count). The molecule has 3 nitrogen and oxygen atoms in total. The normalized spacial score (nSPS) is 10.9. The summed E-state index contributed by atoms with van der Waals surface area (Å²) < 4.78 is 1.81. The van der Waals surface area contributed by atoms with Gasteiger partial charge in [-0.05, 0) is 41.5 Å². The minimum Gasteiger partial charge on any atom is -0.360 e. The third kappa shape index (κ3) is 3.27. The van der Waals surface area contributed by atoms with E-state index in [4.69, 9.17) is 28.9 Å². The van der Waals surface area contributed by atoms with Crippen LogP contribution < -0.4 is 10.1 Å². The number of hydrogen-bond donors (Lipinski definition) is 1. The highest BCUT2D eigenvalue weighted by atomic mass is 35.5. The van der Waals surface area contributed by atoms with Crippen LogP contribution in [0.25, 0.3) is 27.8 Å². The molecule has 0 aliphatic carbocycles. The smallest absolute Gasteiger partial charge is 0.314 e. The number of carbonyl (C=O) groups excluding carboxylic acids is 1. The van der Waals surface area contributed by atoms with Gasteiger partial charge in [-0.25, -0.2) is 0 Å². The Labute approximate surface area is 166 Å². The van der Waals surface area contributed by atoms with Crippen LogP contribution >= 0.6 is 23.2 Å². The lowest BCUT2D eigenvalue weighted by Gasteiger charge is -2.12. The third-order valence-electron chi connectivity index (χ3n) is 4.45. The number of aromatic nitrogens is 1. The summed E-state index contributed by atoms with van der Waals surface area (Å²) in [7, 11) is 0. The van der Waals surface area contributed by atoms with Gasteiger partial charge < -0.3 is 5.73 Å². The molecule has 27 heavy (non-hydrogen) atoms. The molecular formula is C22H15Cl2N2O+. The predicted molar refractivity (Wildman–Crippen MR) is 109 cm³/mol. The Bertz CT molecular complexity index is 1150. The third-order valence-corrected chi connectivity index (χ3v) is 4.96. The van der Waals surface area contributed by atoms with Crippen LogP contribution in [-0.2, 0) is 0 Å². The zero-order valence-electron chi connectivity index (χ0n) is 14.2. The van der Waals surface area contributed by atoms with Crippen molar-refractivity contribution in [3.63, 3.8) is 0 Å². The molecule has 0 radical (unpaired) electrons. The van der Waals surface area contributed by atoms with Gasteiger partial charge in [-0.3, -0.25) is 4.79 Å². The molecule has 2 aromatic carbocycles. The van der Waals surface area contributed by atoms with Gasteiger partial charge in [-0.1, -0.05) is 47.5 Å². The molecule has 0 saturated heterocycles. The summed E-state index contributed by atoms with van der Waals surface area (Å²) in [6.45, 7) is 0. The summed E-state index contributed by atoms with van der Waals surface area (Å²) in [5.41, 5.74) is 10.6. The van der Waals surface area contributed by atoms with Crippen molar-refractivity contribution in [2.24, 2.45) is 5.73 Å². The molecule has 132 valence electrons. The van der Waals surface area contributed by atoms with Crippen molar-refractivity contribution in [1.82, 2.24) is 0 Å². The molecule has 0 spiro atoms. The highest BCUT2D eigenvalue weighted by molar-refractivity contribution is 6.31. The fourth-order valence-electron chi connectivity index (χ4n) is 3.25. The van der Waals surface area contributed by atoms with E-state index in [0.717, 1.165) is 27.8 Å². The topological polar surface area (TPSA) is 47.2 Å². The lowest BCUT2D eigenvalue weighted by atomic mass is 9.92. The van der Waals surface area contributed by atoms with Crippen LogP contribution in [0.1, 0.15) is 10.5 Å². The van der Waals surface area contributed by atoms with Crippen molar-refractivity contribution in [1.29, 1.82) is 0 Å². The van der Waals surface area contributed by atoms with Crippen LogP contribution in [0.3, 0.4) is 0 Å². The predicted octanol–water partition coefficient (Wildman–Crippen LogP) is 5.17. The van der Waals surface area contributed by atoms with Crippen molar-refractivity contribution < 1.29 is 9.20 Å². The number of amides is 1. The van der Waals surface area contributed by atoms with E-state index in [0.29, 0.717) is 15.7 Å². The van der Waals surface area contributed by atoms with E-state index in [1.807, 2.05) is 71.3 Å². The van der Waals surface area contributed by atoms with E-state index in [1.165, 1.54) is 0 Å². The second-order valence-corrected chi connectivity index (χ2v) is 7.03. The summed E-state index contributed by atoms with van der Waals surface area (Å²) in [6, 6.07) is 22.7. The van der Waals surface area contributed by atoms with Gasteiger partial charge >= 0.3 is 5.91 Å². The highest BCUT2D eigenvalue weighted by Crippen LogP contribution is 2.35. The Hall–Kier alpha value is -2.88. The van der Waals surface area contributed by atoms with Crippen molar-refractivity contribution in [3.05, 3.63) is 94.7 Å². The van der Waals surface area contributed by atoms with Crippen LogP contribution in [0, 0.1) is 0 Å². The van der Waals surface area contributed by atoms with E-state index >= 15 is 0 Å². The maximum Gasteiger partial charge on any atom is 0.314 e. The lowest BCUT2D eigenvalue weighted by Crippen LogP contribution is -2.35. The second kappa shape index (κ2) is 7.03. The van der Waals surface area contributed by atoms with E-state index in [-0.39, 0.29) is 0 Å². The Kier molecular flexibility index (Phi) is 4.56. The number of pyridine rings is 2. The number of carbonyl (C=O) groups is 1. The summed E-state index contributed by atoms with van der Waals surface area (Å²) >= 11 is 12.1. The molecule has 0 bridgehead atoms. The zero-order valence-corrected chi connectivity index (χ0v) is 15.7. The van der Waals surface area contributed by atoms with Gasteiger partial charge in [0, 0.05) is 33.8 Å². The van der Waals surface area contributed by atoms with Crippen LogP contribution in [-0.4, -0.2) is 5.91 Å². The van der Waals surface area contributed by atoms with Gasteiger partial charge in [0.25, 0.3) is 5.69 Å². The zero-order chi connectivity index (χ0) is 19.0. The highest BCUT2D eigenvalue weighted by Gasteiger charge is 2.27. The molecule has 0 atom stereocenters. The van der Waals surface area contributed by atoms with Crippen LogP contribution in [0.2, 0.25) is 10.0 Å². The maximum absolute atomic E-state index is 12.5. The van der Waals surface area contributed by atoms with E-state index in [9.17, 15) is 4.79 Å². The first-order valence-electron chi connectivity index (χ1n) is 8.33. The van der Waals surface area contributed by atoms with Crippen molar-refractivity contribution >= 4 is 34.6 Å². The van der Waals surface area contributed by atoms with Gasteiger partial charge in [-0.2, -0.15) is 4.40 Å². The van der Waals surface area contributed by atoms with Gasteiger partial charge in [0.2, 0.25) is 5.52 Å². The molecule has 2 aromatic heterocycles. The minimum atomic E-state index is -0.503. The van der Waals surface area contributed by atoms with Crippen LogP contribution in [0.5, 0.6) is 0 Å². The number of fused-ring (bicyclic) bond motifs is 1. The van der Waals surface area contributed by atoms with E-state index in [2.05, 4.69) is 0 Å². The van der Waals surface area contributed by atoms with E-state index in [1.54, 1.807) is 12.1 Å². The summed E-state index contributed by atoms with van der Waals surface area (Å²) in [6.07, 6.45) is 1.83. The lowest BCUT2D eigenvalue weighted by molar-refractivity contribution is -0.514. The first-order valence-corrected chi connectivity index (χ1v) is 9.09. The molecule has 2 N–H and O–H groups in total. The molecule has 0 aliphatic rings. The Morgan fingerprint density at radius 2 is 1.41 bits per heavy atom. The second-order valence-electron chi connectivity index (χ2n) is 6.16. The number of nitrogens with two attached hydrogens (primary N) is 1. The number of hydrogen-bond acceptors (Lipinski definition) is 1. The molecule has 0 unspecified atom stereocenters.